The Morgan fingerprint density at radius 3 is 2.78 bits per heavy atom. The molecule has 5 heteroatoms. The van der Waals surface area contributed by atoms with Gasteiger partial charge < -0.3 is 5.32 Å². The molecule has 0 bridgehead atoms. The van der Waals surface area contributed by atoms with Crippen LogP contribution in [0.15, 0.2) is 18.2 Å². The van der Waals surface area contributed by atoms with Crippen LogP contribution in [-0.4, -0.2) is 17.2 Å². The van der Waals surface area contributed by atoms with Gasteiger partial charge in [0, 0.05) is 30.1 Å². The second-order valence-corrected chi connectivity index (χ2v) is 5.14. The number of nitro groups is 1. The van der Waals surface area contributed by atoms with Gasteiger partial charge in [-0.1, -0.05) is 13.3 Å². The zero-order valence-corrected chi connectivity index (χ0v) is 11.8. The summed E-state index contributed by atoms with van der Waals surface area (Å²) < 4.78 is 0. The molecule has 0 atom stereocenters. The molecule has 0 saturated heterocycles. The Labute approximate surface area is 112 Å². The van der Waals surface area contributed by atoms with E-state index >= 15 is 0 Å². The fourth-order valence-corrected chi connectivity index (χ4v) is 2.70. The van der Waals surface area contributed by atoms with Gasteiger partial charge in [0.25, 0.3) is 5.69 Å². The van der Waals surface area contributed by atoms with Gasteiger partial charge in [-0.15, -0.1) is 0 Å². The summed E-state index contributed by atoms with van der Waals surface area (Å²) in [6.45, 7) is 5.01. The van der Waals surface area contributed by atoms with Crippen molar-refractivity contribution in [3.8, 4) is 0 Å². The molecule has 0 saturated carbocycles. The van der Waals surface area contributed by atoms with Crippen molar-refractivity contribution >= 4 is 23.1 Å². The summed E-state index contributed by atoms with van der Waals surface area (Å²) in [7, 11) is 0. The average Bonchev–Trinajstić information content (AvgIpc) is 2.36. The SMILES string of the molecule is CCCCSCc1cc([N+](=O)[O-])ccc1NCC. The highest BCUT2D eigenvalue weighted by atomic mass is 32.2. The van der Waals surface area contributed by atoms with E-state index in [9.17, 15) is 10.1 Å². The number of hydrogen-bond donors (Lipinski definition) is 1. The lowest BCUT2D eigenvalue weighted by molar-refractivity contribution is -0.384. The highest BCUT2D eigenvalue weighted by molar-refractivity contribution is 7.98. The van der Waals surface area contributed by atoms with Crippen LogP contribution in [0.5, 0.6) is 0 Å². The maximum absolute atomic E-state index is 10.8. The number of rotatable bonds is 8. The van der Waals surface area contributed by atoms with E-state index in [1.165, 1.54) is 12.8 Å². The molecule has 1 rings (SSSR count). The summed E-state index contributed by atoms with van der Waals surface area (Å²) in [5.41, 5.74) is 2.20. The second-order valence-electron chi connectivity index (χ2n) is 4.04. The predicted molar refractivity (Wildman–Crippen MR) is 78.3 cm³/mol. The first-order valence-electron chi connectivity index (χ1n) is 6.28. The van der Waals surface area contributed by atoms with Crippen molar-refractivity contribution in [3.05, 3.63) is 33.9 Å². The summed E-state index contributed by atoms with van der Waals surface area (Å²) in [4.78, 5) is 10.4. The Hall–Kier alpha value is -1.23. The highest BCUT2D eigenvalue weighted by Gasteiger charge is 2.10. The third-order valence-electron chi connectivity index (χ3n) is 2.57. The van der Waals surface area contributed by atoms with Crippen LogP contribution in [0.4, 0.5) is 11.4 Å². The number of hydrogen-bond acceptors (Lipinski definition) is 4. The Kier molecular flexibility index (Phi) is 6.57. The summed E-state index contributed by atoms with van der Waals surface area (Å²) in [5, 5.41) is 14.0. The molecule has 0 unspecified atom stereocenters. The summed E-state index contributed by atoms with van der Waals surface area (Å²) in [6.07, 6.45) is 2.37. The summed E-state index contributed by atoms with van der Waals surface area (Å²) in [6, 6.07) is 5.03. The fourth-order valence-electron chi connectivity index (χ4n) is 1.60. The van der Waals surface area contributed by atoms with Crippen LogP contribution < -0.4 is 5.32 Å². The zero-order valence-electron chi connectivity index (χ0n) is 10.9. The van der Waals surface area contributed by atoms with Gasteiger partial charge in [-0.25, -0.2) is 0 Å². The van der Waals surface area contributed by atoms with E-state index in [0.29, 0.717) is 0 Å². The largest absolute Gasteiger partial charge is 0.385 e. The van der Waals surface area contributed by atoms with Gasteiger partial charge in [0.2, 0.25) is 0 Å². The minimum Gasteiger partial charge on any atom is -0.385 e. The van der Waals surface area contributed by atoms with E-state index in [1.54, 1.807) is 18.2 Å². The first-order valence-corrected chi connectivity index (χ1v) is 7.43. The van der Waals surface area contributed by atoms with Gasteiger partial charge >= 0.3 is 0 Å². The van der Waals surface area contributed by atoms with Crippen molar-refractivity contribution in [2.75, 3.05) is 17.6 Å². The van der Waals surface area contributed by atoms with Gasteiger partial charge in [-0.05, 0) is 30.7 Å². The average molecular weight is 268 g/mol. The van der Waals surface area contributed by atoms with E-state index in [1.807, 2.05) is 18.7 Å². The van der Waals surface area contributed by atoms with E-state index in [4.69, 9.17) is 0 Å². The topological polar surface area (TPSA) is 55.2 Å². The number of nitrogens with zero attached hydrogens (tertiary/aromatic N) is 1. The number of nitrogens with one attached hydrogen (secondary N) is 1. The quantitative estimate of drug-likeness (QED) is 0.439. The molecular weight excluding hydrogens is 248 g/mol. The summed E-state index contributed by atoms with van der Waals surface area (Å²) in [5.74, 6) is 1.93. The number of thioether (sulfide) groups is 1. The predicted octanol–water partition coefficient (Wildman–Crippen LogP) is 4.06. The Morgan fingerprint density at radius 1 is 1.39 bits per heavy atom. The van der Waals surface area contributed by atoms with Crippen LogP contribution in [0, 0.1) is 10.1 Å². The molecule has 0 amide bonds. The van der Waals surface area contributed by atoms with E-state index in [0.717, 1.165) is 29.3 Å². The van der Waals surface area contributed by atoms with Crippen molar-refractivity contribution < 1.29 is 4.92 Å². The third kappa shape index (κ3) is 4.56. The minimum atomic E-state index is -0.337. The normalized spacial score (nSPS) is 10.3. The highest BCUT2D eigenvalue weighted by Crippen LogP contribution is 2.26. The Bertz CT molecular complexity index is 397. The van der Waals surface area contributed by atoms with Crippen LogP contribution in [-0.2, 0) is 5.75 Å². The monoisotopic (exact) mass is 268 g/mol. The number of unbranched alkanes of at least 4 members (excludes halogenated alkanes) is 1. The number of nitro benzene ring substituents is 1. The Morgan fingerprint density at radius 2 is 2.17 bits per heavy atom. The molecule has 0 heterocycles. The molecule has 0 aliphatic carbocycles. The van der Waals surface area contributed by atoms with Crippen LogP contribution in [0.3, 0.4) is 0 Å². The Balaban J connectivity index is 2.75. The maximum Gasteiger partial charge on any atom is 0.269 e. The fraction of sp³-hybridized carbons (Fsp3) is 0.538. The first-order chi connectivity index (χ1) is 8.69. The van der Waals surface area contributed by atoms with E-state index < -0.39 is 0 Å². The molecule has 18 heavy (non-hydrogen) atoms. The molecule has 1 aromatic rings. The van der Waals surface area contributed by atoms with Crippen molar-refractivity contribution in [1.82, 2.24) is 0 Å². The van der Waals surface area contributed by atoms with Gasteiger partial charge in [-0.3, -0.25) is 10.1 Å². The molecule has 0 aliphatic heterocycles. The molecule has 0 fully saturated rings. The molecular formula is C13H20N2O2S. The van der Waals surface area contributed by atoms with Gasteiger partial charge in [0.1, 0.15) is 0 Å². The van der Waals surface area contributed by atoms with Crippen LogP contribution in [0.1, 0.15) is 32.3 Å². The van der Waals surface area contributed by atoms with Crippen LogP contribution in [0.2, 0.25) is 0 Å². The van der Waals surface area contributed by atoms with E-state index in [-0.39, 0.29) is 10.6 Å². The molecule has 100 valence electrons. The standard InChI is InChI=1S/C13H20N2O2S/c1-3-5-8-18-10-11-9-12(15(16)17)6-7-13(11)14-4-2/h6-7,9,14H,3-5,8,10H2,1-2H3. The smallest absolute Gasteiger partial charge is 0.269 e. The number of anilines is 1. The van der Waals surface area contributed by atoms with Crippen molar-refractivity contribution in [3.63, 3.8) is 0 Å². The lowest BCUT2D eigenvalue weighted by atomic mass is 10.2. The molecule has 4 nitrogen and oxygen atoms in total. The molecule has 0 radical (unpaired) electrons. The summed E-state index contributed by atoms with van der Waals surface area (Å²) >= 11 is 1.83. The molecule has 0 spiro atoms. The lowest BCUT2D eigenvalue weighted by Crippen LogP contribution is -2.01. The van der Waals surface area contributed by atoms with Crippen LogP contribution >= 0.6 is 11.8 Å². The molecule has 1 aromatic carbocycles. The zero-order chi connectivity index (χ0) is 13.4. The molecule has 0 aromatic heterocycles. The molecule has 1 N–H and O–H groups in total. The molecule has 0 aliphatic rings. The van der Waals surface area contributed by atoms with Crippen molar-refractivity contribution in [2.45, 2.75) is 32.4 Å². The number of non-ortho nitro benzene ring substituents is 1. The maximum atomic E-state index is 10.8. The van der Waals surface area contributed by atoms with Gasteiger partial charge in [0.15, 0.2) is 0 Å². The lowest BCUT2D eigenvalue weighted by Gasteiger charge is -2.10. The second kappa shape index (κ2) is 7.97. The number of benzene rings is 1. The van der Waals surface area contributed by atoms with Gasteiger partial charge in [-0.2, -0.15) is 11.8 Å². The minimum absolute atomic E-state index is 0.169. The van der Waals surface area contributed by atoms with E-state index in [2.05, 4.69) is 12.2 Å². The van der Waals surface area contributed by atoms with Crippen LogP contribution in [0.25, 0.3) is 0 Å². The van der Waals surface area contributed by atoms with Gasteiger partial charge in [0.05, 0.1) is 4.92 Å². The third-order valence-corrected chi connectivity index (χ3v) is 3.66. The van der Waals surface area contributed by atoms with Crippen molar-refractivity contribution in [2.24, 2.45) is 0 Å². The van der Waals surface area contributed by atoms with Crippen molar-refractivity contribution in [1.29, 1.82) is 0 Å². The first kappa shape index (κ1) is 14.8.